The Balaban J connectivity index is 2.67. The van der Waals surface area contributed by atoms with Crippen LogP contribution in [0.4, 0.5) is 5.69 Å². The summed E-state index contributed by atoms with van der Waals surface area (Å²) in [6.07, 6.45) is 0. The second-order valence-corrected chi connectivity index (χ2v) is 4.27. The van der Waals surface area contributed by atoms with Crippen molar-refractivity contribution in [3.8, 4) is 0 Å². The van der Waals surface area contributed by atoms with Crippen molar-refractivity contribution >= 4 is 19.7 Å². The van der Waals surface area contributed by atoms with Crippen LogP contribution in [0.15, 0.2) is 24.3 Å². The van der Waals surface area contributed by atoms with Crippen LogP contribution in [0, 0.1) is 0 Å². The summed E-state index contributed by atoms with van der Waals surface area (Å²) < 4.78 is 2.38. The third-order valence-corrected chi connectivity index (χ3v) is 3.65. The molecular formula is C10H17N2P. The highest BCUT2D eigenvalue weighted by Gasteiger charge is 2.02. The highest BCUT2D eigenvalue weighted by atomic mass is 31.1. The number of nitrogens with zero attached hydrogens (tertiary/aromatic N) is 1. The van der Waals surface area contributed by atoms with Gasteiger partial charge in [-0.3, -0.25) is 4.67 Å². The van der Waals surface area contributed by atoms with Gasteiger partial charge in [-0.25, -0.2) is 0 Å². The van der Waals surface area contributed by atoms with Crippen LogP contribution in [0.5, 0.6) is 0 Å². The van der Waals surface area contributed by atoms with E-state index in [0.717, 1.165) is 18.8 Å². The van der Waals surface area contributed by atoms with Crippen molar-refractivity contribution < 1.29 is 0 Å². The number of benzene rings is 1. The van der Waals surface area contributed by atoms with Gasteiger partial charge in [-0.15, -0.1) is 0 Å². The maximum atomic E-state index is 5.86. The van der Waals surface area contributed by atoms with E-state index in [1.807, 2.05) is 18.2 Å². The molecule has 1 rings (SSSR count). The Kier molecular flexibility index (Phi) is 4.20. The number of para-hydroxylation sites is 1. The predicted molar refractivity (Wildman–Crippen MR) is 61.7 cm³/mol. The smallest absolute Gasteiger partial charge is 0.0402 e. The van der Waals surface area contributed by atoms with Crippen LogP contribution >= 0.6 is 8.73 Å². The molecule has 0 fully saturated rings. The Labute approximate surface area is 82.0 Å². The molecule has 1 atom stereocenters. The zero-order chi connectivity index (χ0) is 9.68. The van der Waals surface area contributed by atoms with Gasteiger partial charge in [0.2, 0.25) is 0 Å². The zero-order valence-electron chi connectivity index (χ0n) is 8.25. The molecule has 0 aliphatic rings. The van der Waals surface area contributed by atoms with E-state index >= 15 is 0 Å². The van der Waals surface area contributed by atoms with Crippen LogP contribution < -0.4 is 11.0 Å². The van der Waals surface area contributed by atoms with E-state index in [1.54, 1.807) is 0 Å². The molecule has 0 aromatic heterocycles. The summed E-state index contributed by atoms with van der Waals surface area (Å²) in [5.74, 6) is 0. The van der Waals surface area contributed by atoms with Gasteiger partial charge in [-0.1, -0.05) is 32.0 Å². The summed E-state index contributed by atoms with van der Waals surface area (Å²) in [6, 6.07) is 8.09. The summed E-state index contributed by atoms with van der Waals surface area (Å²) in [5, 5.41) is 1.26. The van der Waals surface area contributed by atoms with Gasteiger partial charge in [-0.2, -0.15) is 0 Å². The lowest BCUT2D eigenvalue weighted by Gasteiger charge is -2.18. The average Bonchev–Trinajstić information content (AvgIpc) is 2.17. The highest BCUT2D eigenvalue weighted by molar-refractivity contribution is 7.45. The van der Waals surface area contributed by atoms with Crippen LogP contribution in [0.1, 0.15) is 13.8 Å². The SMILES string of the molecule is CCN(CC)Pc1ccccc1N. The van der Waals surface area contributed by atoms with Gasteiger partial charge in [0, 0.05) is 11.0 Å². The Bertz CT molecular complexity index is 259. The third kappa shape index (κ3) is 2.98. The Morgan fingerprint density at radius 1 is 1.23 bits per heavy atom. The Morgan fingerprint density at radius 3 is 2.38 bits per heavy atom. The molecule has 72 valence electrons. The topological polar surface area (TPSA) is 29.3 Å². The number of anilines is 1. The van der Waals surface area contributed by atoms with E-state index < -0.39 is 0 Å². The van der Waals surface area contributed by atoms with Gasteiger partial charge in [0.1, 0.15) is 0 Å². The molecule has 1 aromatic carbocycles. The maximum Gasteiger partial charge on any atom is 0.0402 e. The van der Waals surface area contributed by atoms with E-state index in [0.29, 0.717) is 8.73 Å². The average molecular weight is 196 g/mol. The zero-order valence-corrected chi connectivity index (χ0v) is 9.25. The van der Waals surface area contributed by atoms with Gasteiger partial charge in [0.25, 0.3) is 0 Å². The normalized spacial score (nSPS) is 11.6. The van der Waals surface area contributed by atoms with E-state index in [4.69, 9.17) is 5.73 Å². The lowest BCUT2D eigenvalue weighted by molar-refractivity contribution is 0.519. The largest absolute Gasteiger partial charge is 0.398 e. The molecule has 0 aliphatic carbocycles. The van der Waals surface area contributed by atoms with Crippen molar-refractivity contribution in [2.45, 2.75) is 13.8 Å². The number of hydrogen-bond donors (Lipinski definition) is 1. The minimum Gasteiger partial charge on any atom is -0.398 e. The monoisotopic (exact) mass is 196 g/mol. The molecule has 0 bridgehead atoms. The molecule has 2 N–H and O–H groups in total. The molecule has 0 saturated carbocycles. The molecule has 3 heteroatoms. The molecule has 0 spiro atoms. The number of nitrogen functional groups attached to an aromatic ring is 1. The first-order chi connectivity index (χ1) is 6.27. The number of hydrogen-bond acceptors (Lipinski definition) is 2. The first kappa shape index (κ1) is 10.5. The van der Waals surface area contributed by atoms with Crippen molar-refractivity contribution in [3.05, 3.63) is 24.3 Å². The molecule has 0 saturated heterocycles. The third-order valence-electron chi connectivity index (χ3n) is 2.00. The summed E-state index contributed by atoms with van der Waals surface area (Å²) in [5.41, 5.74) is 6.77. The summed E-state index contributed by atoms with van der Waals surface area (Å²) in [4.78, 5) is 0. The quantitative estimate of drug-likeness (QED) is 0.588. The van der Waals surface area contributed by atoms with E-state index in [2.05, 4.69) is 24.6 Å². The fraction of sp³-hybridized carbons (Fsp3) is 0.400. The lowest BCUT2D eigenvalue weighted by atomic mass is 10.3. The first-order valence-corrected chi connectivity index (χ1v) is 5.58. The molecule has 13 heavy (non-hydrogen) atoms. The Hall–Kier alpha value is -0.590. The van der Waals surface area contributed by atoms with Crippen molar-refractivity contribution in [2.24, 2.45) is 0 Å². The minimum absolute atomic E-state index is 0.703. The summed E-state index contributed by atoms with van der Waals surface area (Å²) >= 11 is 0. The molecular weight excluding hydrogens is 179 g/mol. The van der Waals surface area contributed by atoms with Crippen molar-refractivity contribution in [2.75, 3.05) is 18.8 Å². The molecule has 0 heterocycles. The fourth-order valence-electron chi connectivity index (χ4n) is 1.15. The van der Waals surface area contributed by atoms with Crippen LogP contribution in [-0.2, 0) is 0 Å². The van der Waals surface area contributed by atoms with Crippen LogP contribution in [0.25, 0.3) is 0 Å². The molecule has 0 radical (unpaired) electrons. The van der Waals surface area contributed by atoms with Crippen molar-refractivity contribution in [1.82, 2.24) is 4.67 Å². The maximum absolute atomic E-state index is 5.86. The summed E-state index contributed by atoms with van der Waals surface area (Å²) in [7, 11) is 0.703. The van der Waals surface area contributed by atoms with Crippen LogP contribution in [-0.4, -0.2) is 17.8 Å². The van der Waals surface area contributed by atoms with Crippen molar-refractivity contribution in [3.63, 3.8) is 0 Å². The summed E-state index contributed by atoms with van der Waals surface area (Å²) in [6.45, 7) is 6.53. The van der Waals surface area contributed by atoms with Crippen molar-refractivity contribution in [1.29, 1.82) is 0 Å². The van der Waals surface area contributed by atoms with Gasteiger partial charge in [0.15, 0.2) is 0 Å². The van der Waals surface area contributed by atoms with Gasteiger partial charge in [-0.05, 0) is 27.9 Å². The molecule has 0 aliphatic heterocycles. The van der Waals surface area contributed by atoms with Crippen LogP contribution in [0.3, 0.4) is 0 Å². The lowest BCUT2D eigenvalue weighted by Crippen LogP contribution is -2.17. The number of nitrogens with two attached hydrogens (primary N) is 1. The fourth-order valence-corrected chi connectivity index (χ4v) is 2.19. The molecule has 1 aromatic rings. The minimum atomic E-state index is 0.703. The van der Waals surface area contributed by atoms with Gasteiger partial charge < -0.3 is 5.73 Å². The van der Waals surface area contributed by atoms with E-state index in [1.165, 1.54) is 5.30 Å². The van der Waals surface area contributed by atoms with E-state index in [9.17, 15) is 0 Å². The van der Waals surface area contributed by atoms with Crippen LogP contribution in [0.2, 0.25) is 0 Å². The first-order valence-electron chi connectivity index (χ1n) is 4.64. The molecule has 0 amide bonds. The van der Waals surface area contributed by atoms with E-state index in [-0.39, 0.29) is 0 Å². The standard InChI is InChI=1S/C10H17N2P/c1-3-12(4-2)13-10-8-6-5-7-9(10)11/h5-8,13H,3-4,11H2,1-2H3. The highest BCUT2D eigenvalue weighted by Crippen LogP contribution is 2.19. The molecule has 2 nitrogen and oxygen atoms in total. The second kappa shape index (κ2) is 5.21. The number of rotatable bonds is 4. The second-order valence-electron chi connectivity index (χ2n) is 2.87. The van der Waals surface area contributed by atoms with Gasteiger partial charge in [0.05, 0.1) is 0 Å². The Morgan fingerprint density at radius 2 is 1.85 bits per heavy atom. The molecule has 1 unspecified atom stereocenters. The predicted octanol–water partition coefficient (Wildman–Crippen LogP) is 1.83. The van der Waals surface area contributed by atoms with Gasteiger partial charge >= 0.3 is 0 Å².